The molecule has 1 aliphatic heterocycles. The number of aromatic nitrogens is 1. The van der Waals surface area contributed by atoms with E-state index in [1.165, 1.54) is 0 Å². The standard InChI is InChI=1S/C20H27N3O2S/c1-3-13-21-20-12-9-17(15-22-20)19-6-4-5-14-23(19)26(24,25)18-10-7-16(2)8-11-18/h7-12,15,19H,3-6,13-14H2,1-2H3,(H,21,22)/t19-/m0/s1. The van der Waals surface area contributed by atoms with E-state index in [1.54, 1.807) is 16.4 Å². The monoisotopic (exact) mass is 373 g/mol. The zero-order chi connectivity index (χ0) is 18.6. The second-order valence-electron chi connectivity index (χ2n) is 6.84. The molecule has 6 heteroatoms. The van der Waals surface area contributed by atoms with Gasteiger partial charge in [0, 0.05) is 19.3 Å². The highest BCUT2D eigenvalue weighted by molar-refractivity contribution is 7.89. The van der Waals surface area contributed by atoms with Crippen molar-refractivity contribution >= 4 is 15.8 Å². The molecule has 1 aliphatic rings. The van der Waals surface area contributed by atoms with E-state index in [4.69, 9.17) is 0 Å². The molecule has 1 fully saturated rings. The Hall–Kier alpha value is -1.92. The Morgan fingerprint density at radius 1 is 1.15 bits per heavy atom. The number of nitrogens with zero attached hydrogens (tertiary/aromatic N) is 2. The zero-order valence-corrected chi connectivity index (χ0v) is 16.3. The van der Waals surface area contributed by atoms with Crippen LogP contribution in [0, 0.1) is 6.92 Å². The summed E-state index contributed by atoms with van der Waals surface area (Å²) in [4.78, 5) is 4.82. The first kappa shape index (κ1) is 18.9. The summed E-state index contributed by atoms with van der Waals surface area (Å²) in [6.45, 7) is 5.50. The topological polar surface area (TPSA) is 62.3 Å². The average molecular weight is 374 g/mol. The molecule has 1 aromatic heterocycles. The first-order chi connectivity index (χ1) is 12.5. The molecule has 1 saturated heterocycles. The Morgan fingerprint density at radius 2 is 1.92 bits per heavy atom. The van der Waals surface area contributed by atoms with E-state index in [1.807, 2.05) is 37.4 Å². The van der Waals surface area contributed by atoms with Gasteiger partial charge in [0.2, 0.25) is 10.0 Å². The maximum atomic E-state index is 13.2. The number of sulfonamides is 1. The van der Waals surface area contributed by atoms with Crippen molar-refractivity contribution in [2.45, 2.75) is 50.5 Å². The Bertz CT molecular complexity index is 817. The second kappa shape index (κ2) is 8.18. The summed E-state index contributed by atoms with van der Waals surface area (Å²) in [6.07, 6.45) is 5.60. The third-order valence-corrected chi connectivity index (χ3v) is 6.73. The van der Waals surface area contributed by atoms with Crippen molar-refractivity contribution in [3.63, 3.8) is 0 Å². The molecule has 2 aromatic rings. The van der Waals surface area contributed by atoms with Crippen LogP contribution in [0.2, 0.25) is 0 Å². The van der Waals surface area contributed by atoms with Gasteiger partial charge in [-0.05, 0) is 49.9 Å². The largest absolute Gasteiger partial charge is 0.370 e. The molecular formula is C20H27N3O2S. The van der Waals surface area contributed by atoms with Gasteiger partial charge in [0.05, 0.1) is 10.9 Å². The van der Waals surface area contributed by atoms with Gasteiger partial charge in [-0.2, -0.15) is 4.31 Å². The maximum Gasteiger partial charge on any atom is 0.243 e. The number of hydrogen-bond donors (Lipinski definition) is 1. The van der Waals surface area contributed by atoms with Crippen molar-refractivity contribution in [2.75, 3.05) is 18.4 Å². The number of pyridine rings is 1. The van der Waals surface area contributed by atoms with Crippen molar-refractivity contribution in [2.24, 2.45) is 0 Å². The Morgan fingerprint density at radius 3 is 2.58 bits per heavy atom. The zero-order valence-electron chi connectivity index (χ0n) is 15.5. The number of anilines is 1. The average Bonchev–Trinajstić information content (AvgIpc) is 2.67. The van der Waals surface area contributed by atoms with Crippen LogP contribution in [0.3, 0.4) is 0 Å². The lowest BCUT2D eigenvalue weighted by Crippen LogP contribution is -2.38. The molecule has 140 valence electrons. The fourth-order valence-electron chi connectivity index (χ4n) is 3.33. The summed E-state index contributed by atoms with van der Waals surface area (Å²) in [7, 11) is -3.51. The van der Waals surface area contributed by atoms with Gasteiger partial charge in [-0.1, -0.05) is 37.1 Å². The van der Waals surface area contributed by atoms with Crippen LogP contribution < -0.4 is 5.32 Å². The first-order valence-electron chi connectivity index (χ1n) is 9.30. The van der Waals surface area contributed by atoms with Gasteiger partial charge in [-0.25, -0.2) is 13.4 Å². The van der Waals surface area contributed by atoms with Gasteiger partial charge >= 0.3 is 0 Å². The minimum Gasteiger partial charge on any atom is -0.370 e. The first-order valence-corrected chi connectivity index (χ1v) is 10.7. The van der Waals surface area contributed by atoms with E-state index in [2.05, 4.69) is 17.2 Å². The second-order valence-corrected chi connectivity index (χ2v) is 8.73. The van der Waals surface area contributed by atoms with Crippen LogP contribution in [0.25, 0.3) is 0 Å². The van der Waals surface area contributed by atoms with Gasteiger partial charge in [0.25, 0.3) is 0 Å². The lowest BCUT2D eigenvalue weighted by Gasteiger charge is -2.35. The van der Waals surface area contributed by atoms with Crippen LogP contribution in [-0.2, 0) is 10.0 Å². The fraction of sp³-hybridized carbons (Fsp3) is 0.450. The molecule has 0 radical (unpaired) electrons. The van der Waals surface area contributed by atoms with E-state index in [0.717, 1.165) is 49.2 Å². The molecule has 5 nitrogen and oxygen atoms in total. The van der Waals surface area contributed by atoms with Crippen molar-refractivity contribution in [1.29, 1.82) is 0 Å². The van der Waals surface area contributed by atoms with E-state index < -0.39 is 10.0 Å². The molecule has 1 aromatic carbocycles. The van der Waals surface area contributed by atoms with E-state index in [0.29, 0.717) is 11.4 Å². The van der Waals surface area contributed by atoms with Crippen LogP contribution >= 0.6 is 0 Å². The van der Waals surface area contributed by atoms with Gasteiger partial charge in [-0.3, -0.25) is 0 Å². The molecule has 2 heterocycles. The molecule has 0 bridgehead atoms. The van der Waals surface area contributed by atoms with Gasteiger partial charge in [0.1, 0.15) is 5.82 Å². The number of aryl methyl sites for hydroxylation is 1. The van der Waals surface area contributed by atoms with Gasteiger partial charge in [0.15, 0.2) is 0 Å². The minimum absolute atomic E-state index is 0.150. The van der Waals surface area contributed by atoms with Crippen molar-refractivity contribution in [3.8, 4) is 0 Å². The third kappa shape index (κ3) is 4.07. The summed E-state index contributed by atoms with van der Waals surface area (Å²) in [5, 5.41) is 3.25. The van der Waals surface area contributed by atoms with Crippen LogP contribution in [0.15, 0.2) is 47.5 Å². The molecule has 3 rings (SSSR count). The quantitative estimate of drug-likeness (QED) is 0.827. The SMILES string of the molecule is CCCNc1ccc([C@@H]2CCCCN2S(=O)(=O)c2ccc(C)cc2)cn1. The highest BCUT2D eigenvalue weighted by Crippen LogP contribution is 2.35. The fourth-order valence-corrected chi connectivity index (χ4v) is 5.01. The molecule has 26 heavy (non-hydrogen) atoms. The molecule has 1 atom stereocenters. The Labute approximate surface area is 156 Å². The summed E-state index contributed by atoms with van der Waals surface area (Å²) < 4.78 is 28.0. The molecule has 0 spiro atoms. The normalized spacial score (nSPS) is 18.6. The highest BCUT2D eigenvalue weighted by Gasteiger charge is 2.34. The molecular weight excluding hydrogens is 346 g/mol. The summed E-state index contributed by atoms with van der Waals surface area (Å²) in [6, 6.07) is 10.9. The maximum absolute atomic E-state index is 13.2. The number of nitrogens with one attached hydrogen (secondary N) is 1. The Kier molecular flexibility index (Phi) is 5.94. The predicted octanol–water partition coefficient (Wildman–Crippen LogP) is 4.13. The van der Waals surface area contributed by atoms with Crippen molar-refractivity contribution in [3.05, 3.63) is 53.7 Å². The van der Waals surface area contributed by atoms with Gasteiger partial charge in [-0.15, -0.1) is 0 Å². The van der Waals surface area contributed by atoms with Gasteiger partial charge < -0.3 is 5.32 Å². The Balaban J connectivity index is 1.86. The van der Waals surface area contributed by atoms with Crippen LogP contribution in [0.1, 0.15) is 49.8 Å². The lowest BCUT2D eigenvalue weighted by atomic mass is 9.99. The van der Waals surface area contributed by atoms with Crippen LogP contribution in [0.5, 0.6) is 0 Å². The summed E-state index contributed by atoms with van der Waals surface area (Å²) in [5.74, 6) is 0.833. The lowest BCUT2D eigenvalue weighted by molar-refractivity contribution is 0.255. The summed E-state index contributed by atoms with van der Waals surface area (Å²) >= 11 is 0. The summed E-state index contributed by atoms with van der Waals surface area (Å²) in [5.41, 5.74) is 2.01. The highest BCUT2D eigenvalue weighted by atomic mass is 32.2. The molecule has 0 aliphatic carbocycles. The molecule has 0 saturated carbocycles. The minimum atomic E-state index is -3.51. The molecule has 1 N–H and O–H groups in total. The number of hydrogen-bond acceptors (Lipinski definition) is 4. The number of benzene rings is 1. The van der Waals surface area contributed by atoms with E-state index >= 15 is 0 Å². The smallest absolute Gasteiger partial charge is 0.243 e. The van der Waals surface area contributed by atoms with Crippen molar-refractivity contribution in [1.82, 2.24) is 9.29 Å². The van der Waals surface area contributed by atoms with Crippen LogP contribution in [-0.4, -0.2) is 30.8 Å². The molecule has 0 unspecified atom stereocenters. The van der Waals surface area contributed by atoms with E-state index in [9.17, 15) is 8.42 Å². The van der Waals surface area contributed by atoms with Crippen molar-refractivity contribution < 1.29 is 8.42 Å². The number of piperidine rings is 1. The predicted molar refractivity (Wildman–Crippen MR) is 105 cm³/mol. The third-order valence-electron chi connectivity index (χ3n) is 4.81. The van der Waals surface area contributed by atoms with Crippen LogP contribution in [0.4, 0.5) is 5.82 Å². The number of rotatable bonds is 6. The van der Waals surface area contributed by atoms with E-state index in [-0.39, 0.29) is 6.04 Å². The molecule has 0 amide bonds.